The normalized spacial score (nSPS) is 10.9. The van der Waals surface area contributed by atoms with Gasteiger partial charge in [-0.3, -0.25) is 4.79 Å². The molecule has 1 amide bonds. The molecule has 1 N–H and O–H groups in total. The zero-order chi connectivity index (χ0) is 28.1. The molecule has 204 valence electrons. The number of halogens is 1. The van der Waals surface area contributed by atoms with Gasteiger partial charge >= 0.3 is 11.9 Å². The highest BCUT2D eigenvalue weighted by Crippen LogP contribution is 2.36. The summed E-state index contributed by atoms with van der Waals surface area (Å²) in [6.07, 6.45) is 0. The maximum atomic E-state index is 13.6. The Morgan fingerprint density at radius 2 is 1.69 bits per heavy atom. The van der Waals surface area contributed by atoms with E-state index in [9.17, 15) is 14.4 Å². The quantitative estimate of drug-likeness (QED) is 0.170. The molecule has 0 unspecified atom stereocenters. The highest BCUT2D eigenvalue weighted by atomic mass is 35.5. The Morgan fingerprint density at radius 1 is 0.949 bits per heavy atom. The number of benzene rings is 2. The summed E-state index contributed by atoms with van der Waals surface area (Å²) in [4.78, 5) is 39.6. The Labute approximate surface area is 235 Å². The van der Waals surface area contributed by atoms with Gasteiger partial charge in [-0.1, -0.05) is 29.8 Å². The van der Waals surface area contributed by atoms with Crippen LogP contribution in [0.2, 0.25) is 5.02 Å². The zero-order valence-corrected chi connectivity index (χ0v) is 23.7. The van der Waals surface area contributed by atoms with Gasteiger partial charge in [-0.25, -0.2) is 9.59 Å². The highest BCUT2D eigenvalue weighted by molar-refractivity contribution is 7.18. The molecule has 2 aromatic heterocycles. The third kappa shape index (κ3) is 5.94. The number of thiophene rings is 1. The van der Waals surface area contributed by atoms with Gasteiger partial charge in [0.05, 0.1) is 12.2 Å². The largest absolute Gasteiger partial charge is 0.490 e. The predicted molar refractivity (Wildman–Crippen MR) is 153 cm³/mol. The van der Waals surface area contributed by atoms with Crippen LogP contribution in [0.3, 0.4) is 0 Å². The number of carbonyl (C=O) groups is 3. The molecular formula is C29H29ClN2O6S. The molecule has 4 rings (SSSR count). The first-order valence-corrected chi connectivity index (χ1v) is 13.7. The van der Waals surface area contributed by atoms with Gasteiger partial charge in [-0.05, 0) is 69.2 Å². The Balaban J connectivity index is 1.59. The molecule has 10 heteroatoms. The minimum absolute atomic E-state index is 0.0137. The Kier molecular flexibility index (Phi) is 8.93. The van der Waals surface area contributed by atoms with Crippen molar-refractivity contribution in [3.63, 3.8) is 0 Å². The van der Waals surface area contributed by atoms with Crippen LogP contribution in [0.15, 0.2) is 48.5 Å². The number of esters is 2. The number of amides is 1. The number of hydrogen-bond donors (Lipinski definition) is 1. The summed E-state index contributed by atoms with van der Waals surface area (Å²) in [7, 11) is 0. The lowest BCUT2D eigenvalue weighted by atomic mass is 10.1. The van der Waals surface area contributed by atoms with Crippen LogP contribution in [-0.2, 0) is 16.0 Å². The van der Waals surface area contributed by atoms with Crippen molar-refractivity contribution in [3.8, 4) is 5.75 Å². The summed E-state index contributed by atoms with van der Waals surface area (Å²) in [5, 5.41) is 4.51. The average molecular weight is 569 g/mol. The van der Waals surface area contributed by atoms with Crippen LogP contribution in [0.25, 0.3) is 10.9 Å². The van der Waals surface area contributed by atoms with Crippen LogP contribution in [0.1, 0.15) is 55.5 Å². The summed E-state index contributed by atoms with van der Waals surface area (Å²) in [6, 6.07) is 14.7. The third-order valence-corrected chi connectivity index (χ3v) is 7.60. The smallest absolute Gasteiger partial charge is 0.348 e. The molecule has 8 nitrogen and oxygen atoms in total. The predicted octanol–water partition coefficient (Wildman–Crippen LogP) is 6.66. The van der Waals surface area contributed by atoms with Crippen molar-refractivity contribution in [3.05, 3.63) is 80.8 Å². The molecular weight excluding hydrogens is 540 g/mol. The van der Waals surface area contributed by atoms with Crippen LogP contribution in [0, 0.1) is 13.8 Å². The fourth-order valence-electron chi connectivity index (χ4n) is 4.40. The summed E-state index contributed by atoms with van der Waals surface area (Å²) in [5.74, 6) is -0.997. The van der Waals surface area contributed by atoms with Gasteiger partial charge in [0.25, 0.3) is 5.91 Å². The van der Waals surface area contributed by atoms with Crippen LogP contribution in [-0.4, -0.2) is 42.2 Å². The maximum absolute atomic E-state index is 13.6. The van der Waals surface area contributed by atoms with E-state index in [2.05, 4.69) is 5.32 Å². The van der Waals surface area contributed by atoms with E-state index in [-0.39, 0.29) is 35.3 Å². The number of para-hydroxylation sites is 1. The van der Waals surface area contributed by atoms with Crippen molar-refractivity contribution < 1.29 is 28.6 Å². The fourth-order valence-corrected chi connectivity index (χ4v) is 5.66. The molecule has 2 aromatic carbocycles. The monoisotopic (exact) mass is 568 g/mol. The number of rotatable bonds is 10. The van der Waals surface area contributed by atoms with E-state index in [4.69, 9.17) is 25.8 Å². The molecule has 0 fully saturated rings. The van der Waals surface area contributed by atoms with Crippen molar-refractivity contribution in [1.82, 2.24) is 4.57 Å². The van der Waals surface area contributed by atoms with Gasteiger partial charge in [0, 0.05) is 22.5 Å². The van der Waals surface area contributed by atoms with E-state index < -0.39 is 17.8 Å². The number of nitrogens with one attached hydrogen (secondary N) is 1. The SMILES string of the molecule is CCOC(=O)c1c(NC(=O)c2c(C)c3cc(Cl)ccc3n2CC)sc(C(=O)OCCOc2ccccc2)c1C. The molecule has 4 aromatic rings. The number of aryl methyl sites for hydroxylation is 2. The van der Waals surface area contributed by atoms with Crippen LogP contribution in [0.4, 0.5) is 5.00 Å². The zero-order valence-electron chi connectivity index (χ0n) is 22.1. The third-order valence-electron chi connectivity index (χ3n) is 6.18. The first kappa shape index (κ1) is 28.2. The number of aromatic nitrogens is 1. The average Bonchev–Trinajstić information content (AvgIpc) is 3.40. The Bertz CT molecular complexity index is 1530. The van der Waals surface area contributed by atoms with Gasteiger partial charge in [0.1, 0.15) is 34.5 Å². The van der Waals surface area contributed by atoms with Crippen molar-refractivity contribution in [1.29, 1.82) is 0 Å². The van der Waals surface area contributed by atoms with E-state index in [0.717, 1.165) is 27.8 Å². The van der Waals surface area contributed by atoms with Crippen LogP contribution in [0.5, 0.6) is 5.75 Å². The molecule has 0 saturated heterocycles. The standard InChI is InChI=1S/C29H29ClN2O6S/c1-5-32-22-13-12-19(30)16-21(22)17(3)24(32)26(33)31-27-23(28(34)36-6-2)18(4)25(39-27)29(35)38-15-14-37-20-10-8-7-9-11-20/h7-13,16H,5-6,14-15H2,1-4H3,(H,31,33). The van der Waals surface area contributed by atoms with E-state index in [0.29, 0.717) is 28.6 Å². The lowest BCUT2D eigenvalue weighted by Gasteiger charge is -2.10. The minimum Gasteiger partial charge on any atom is -0.490 e. The van der Waals surface area contributed by atoms with E-state index in [1.807, 2.05) is 48.7 Å². The first-order chi connectivity index (χ1) is 18.8. The van der Waals surface area contributed by atoms with Crippen molar-refractivity contribution in [2.45, 2.75) is 34.2 Å². The summed E-state index contributed by atoms with van der Waals surface area (Å²) in [6.45, 7) is 7.98. The number of hydrogen-bond acceptors (Lipinski definition) is 7. The van der Waals surface area contributed by atoms with Crippen molar-refractivity contribution >= 4 is 56.7 Å². The number of anilines is 1. The summed E-state index contributed by atoms with van der Waals surface area (Å²) in [5.41, 5.74) is 2.58. The molecule has 0 aliphatic carbocycles. The van der Waals surface area contributed by atoms with Gasteiger partial charge < -0.3 is 24.1 Å². The van der Waals surface area contributed by atoms with Crippen LogP contribution >= 0.6 is 22.9 Å². The number of fused-ring (bicyclic) bond motifs is 1. The Morgan fingerprint density at radius 3 is 2.38 bits per heavy atom. The minimum atomic E-state index is -0.632. The number of nitrogens with zero attached hydrogens (tertiary/aromatic N) is 1. The van der Waals surface area contributed by atoms with E-state index >= 15 is 0 Å². The Hall–Kier alpha value is -3.82. The fraction of sp³-hybridized carbons (Fsp3) is 0.276. The van der Waals surface area contributed by atoms with Gasteiger partial charge in [0.15, 0.2) is 0 Å². The van der Waals surface area contributed by atoms with Gasteiger partial charge in [-0.15, -0.1) is 11.3 Å². The molecule has 2 heterocycles. The summed E-state index contributed by atoms with van der Waals surface area (Å²) < 4.78 is 18.1. The molecule has 0 aliphatic heterocycles. The molecule has 39 heavy (non-hydrogen) atoms. The molecule has 0 saturated carbocycles. The lowest BCUT2D eigenvalue weighted by molar-refractivity contribution is 0.0455. The lowest BCUT2D eigenvalue weighted by Crippen LogP contribution is -2.19. The molecule has 0 bridgehead atoms. The molecule has 0 radical (unpaired) electrons. The second kappa shape index (κ2) is 12.4. The van der Waals surface area contributed by atoms with Crippen molar-refractivity contribution in [2.24, 2.45) is 0 Å². The molecule has 0 aliphatic rings. The highest BCUT2D eigenvalue weighted by Gasteiger charge is 2.29. The number of ether oxygens (including phenoxy) is 3. The topological polar surface area (TPSA) is 95.9 Å². The maximum Gasteiger partial charge on any atom is 0.348 e. The van der Waals surface area contributed by atoms with Crippen LogP contribution < -0.4 is 10.1 Å². The molecule has 0 spiro atoms. The first-order valence-electron chi connectivity index (χ1n) is 12.5. The van der Waals surface area contributed by atoms with Gasteiger partial charge in [0.2, 0.25) is 0 Å². The molecule has 0 atom stereocenters. The second-order valence-corrected chi connectivity index (χ2v) is 10.1. The van der Waals surface area contributed by atoms with Gasteiger partial charge in [-0.2, -0.15) is 0 Å². The van der Waals surface area contributed by atoms with Crippen molar-refractivity contribution in [2.75, 3.05) is 25.1 Å². The second-order valence-electron chi connectivity index (χ2n) is 8.61. The summed E-state index contributed by atoms with van der Waals surface area (Å²) >= 11 is 7.18. The van der Waals surface area contributed by atoms with E-state index in [1.165, 1.54) is 0 Å². The van der Waals surface area contributed by atoms with E-state index in [1.54, 1.807) is 32.0 Å². The number of carbonyl (C=O) groups excluding carboxylic acids is 3.